The van der Waals surface area contributed by atoms with Gasteiger partial charge < -0.3 is 9.97 Å². The largest absolute Gasteiger partial charge is 0.355 e. The molecule has 8 bridgehead atoms. The summed E-state index contributed by atoms with van der Waals surface area (Å²) in [6, 6.07) is 16.4. The van der Waals surface area contributed by atoms with E-state index in [2.05, 4.69) is 44.2 Å². The van der Waals surface area contributed by atoms with Gasteiger partial charge in [0.1, 0.15) is 0 Å². The molecule has 0 aliphatic carbocycles. The van der Waals surface area contributed by atoms with Gasteiger partial charge in [0.25, 0.3) is 11.0 Å². The van der Waals surface area contributed by atoms with Crippen LogP contribution in [0.25, 0.3) is 46.4 Å². The molecule has 0 atom stereocenters. The number of H-pyrrole nitrogens is 2. The molecule has 9 heteroatoms. The molecule has 0 aromatic carbocycles. The van der Waals surface area contributed by atoms with Crippen molar-refractivity contribution in [3.05, 3.63) is 71.3 Å². The van der Waals surface area contributed by atoms with Gasteiger partial charge in [-0.15, -0.1) is 0 Å². The molecule has 0 unspecified atom stereocenters. The van der Waals surface area contributed by atoms with Crippen LogP contribution in [-0.4, -0.2) is 32.9 Å². The molecule has 1 radical (unpaired) electrons. The topological polar surface area (TPSA) is 112 Å². The number of hydrogen-bond donors (Lipinski definition) is 4. The van der Waals surface area contributed by atoms with Gasteiger partial charge in [0.05, 0.1) is 22.8 Å². The molecule has 29 heavy (non-hydrogen) atoms. The second kappa shape index (κ2) is 9.02. The monoisotopic (exact) mass is 447 g/mol. The van der Waals surface area contributed by atoms with Crippen LogP contribution in [-0.2, 0) is 28.1 Å². The average molecular weight is 447 g/mol. The van der Waals surface area contributed by atoms with Crippen molar-refractivity contribution in [2.75, 3.05) is 0 Å². The van der Waals surface area contributed by atoms with Gasteiger partial charge in [-0.1, -0.05) is 0 Å². The number of aromatic amines is 2. The zero-order valence-electron chi connectivity index (χ0n) is 14.9. The number of aromatic nitrogens is 4. The third-order valence-electron chi connectivity index (χ3n) is 4.04. The maximum absolute atomic E-state index is 8.59. The summed E-state index contributed by atoms with van der Waals surface area (Å²) in [7, 11) is -3.12. The standard InChI is InChI=1S/C20H14N4.Mn.H2O3S/c1-2-14-10-16-5-6-18(23-16)12-20-8-7-19(24-20)11-17-4-3-15(22-17)9-13(1)21-14;;1-4(2)3/h1-12,21,24H;;4H,(H,1,2,3). The Kier molecular flexibility index (Phi) is 6.46. The predicted molar refractivity (Wildman–Crippen MR) is 112 cm³/mol. The summed E-state index contributed by atoms with van der Waals surface area (Å²) in [5, 5.41) is 0. The first-order chi connectivity index (χ1) is 13.5. The quantitative estimate of drug-likeness (QED) is 0.164. The Bertz CT molecular complexity index is 1150. The van der Waals surface area contributed by atoms with E-state index in [0.717, 1.165) is 44.8 Å². The zero-order valence-corrected chi connectivity index (χ0v) is 17.0. The Morgan fingerprint density at radius 1 is 0.621 bits per heavy atom. The first-order valence-electron chi connectivity index (χ1n) is 8.41. The summed E-state index contributed by atoms with van der Waals surface area (Å²) in [5.74, 6) is 0. The summed E-state index contributed by atoms with van der Waals surface area (Å²) in [4.78, 5) is 16.0. The van der Waals surface area contributed by atoms with Crippen molar-refractivity contribution in [1.82, 2.24) is 19.9 Å². The van der Waals surface area contributed by atoms with Crippen molar-refractivity contribution in [1.29, 1.82) is 0 Å². The maximum Gasteiger partial charge on any atom is 0.254 e. The molecule has 5 heterocycles. The van der Waals surface area contributed by atoms with Gasteiger partial charge in [0.2, 0.25) is 0 Å². The van der Waals surface area contributed by atoms with Gasteiger partial charge in [0.15, 0.2) is 0 Å². The fourth-order valence-corrected chi connectivity index (χ4v) is 2.94. The fourth-order valence-electron chi connectivity index (χ4n) is 2.94. The fraction of sp³-hybridized carbons (Fsp3) is 0. The predicted octanol–water partition coefficient (Wildman–Crippen LogP) is 3.72. The van der Waals surface area contributed by atoms with Crippen LogP contribution in [0.15, 0.2) is 48.5 Å². The summed E-state index contributed by atoms with van der Waals surface area (Å²) in [6.07, 6.45) is 8.09. The molecule has 3 aromatic heterocycles. The van der Waals surface area contributed by atoms with Gasteiger partial charge in [0, 0.05) is 39.1 Å². The van der Waals surface area contributed by atoms with Gasteiger partial charge in [-0.05, 0) is 72.8 Å². The third-order valence-corrected chi connectivity index (χ3v) is 4.04. The molecule has 147 valence electrons. The first kappa shape index (κ1) is 20.8. The van der Waals surface area contributed by atoms with Crippen molar-refractivity contribution in [3.63, 3.8) is 0 Å². The summed E-state index contributed by atoms with van der Waals surface area (Å²) >= 11 is 0. The van der Waals surface area contributed by atoms with Crippen molar-refractivity contribution >= 4 is 57.4 Å². The molecule has 0 spiro atoms. The van der Waals surface area contributed by atoms with Crippen LogP contribution < -0.4 is 0 Å². The van der Waals surface area contributed by atoms with Gasteiger partial charge in [-0.2, -0.15) is 0 Å². The van der Waals surface area contributed by atoms with E-state index in [1.807, 2.05) is 48.6 Å². The van der Waals surface area contributed by atoms with E-state index >= 15 is 0 Å². The second-order valence-electron chi connectivity index (χ2n) is 6.14. The normalized spacial score (nSPS) is 11.7. The second-order valence-corrected chi connectivity index (χ2v) is 6.62. The number of rotatable bonds is 0. The number of nitrogens with one attached hydrogen (secondary N) is 2. The van der Waals surface area contributed by atoms with E-state index < -0.39 is 11.0 Å². The minimum absolute atomic E-state index is 0. The van der Waals surface area contributed by atoms with Crippen LogP contribution in [0.3, 0.4) is 0 Å². The number of nitrogens with zero attached hydrogens (tertiary/aromatic N) is 2. The Labute approximate surface area is 178 Å². The maximum atomic E-state index is 8.59. The Balaban J connectivity index is 0.000000443. The van der Waals surface area contributed by atoms with Crippen molar-refractivity contribution in [3.8, 4) is 0 Å². The van der Waals surface area contributed by atoms with Crippen LogP contribution in [0.4, 0.5) is 0 Å². The molecular weight excluding hydrogens is 431 g/mol. The smallest absolute Gasteiger partial charge is 0.254 e. The molecule has 7 nitrogen and oxygen atoms in total. The van der Waals surface area contributed by atoms with E-state index in [-0.39, 0.29) is 17.1 Å². The first-order valence-corrected chi connectivity index (χ1v) is 9.54. The van der Waals surface area contributed by atoms with E-state index in [0.29, 0.717) is 0 Å². The molecule has 0 amide bonds. The molecule has 5 rings (SSSR count). The van der Waals surface area contributed by atoms with Gasteiger partial charge >= 0.3 is 0 Å². The Morgan fingerprint density at radius 3 is 1.10 bits per heavy atom. The average Bonchev–Trinajstić information content (AvgIpc) is 3.39. The molecule has 2 aliphatic rings. The minimum Gasteiger partial charge on any atom is -0.355 e. The van der Waals surface area contributed by atoms with Crippen LogP contribution in [0.1, 0.15) is 22.8 Å². The molecule has 0 fully saturated rings. The number of fused-ring (bicyclic) bond motifs is 8. The molecule has 0 saturated heterocycles. The van der Waals surface area contributed by atoms with Crippen LogP contribution in [0.5, 0.6) is 0 Å². The molecule has 2 aliphatic heterocycles. The van der Waals surface area contributed by atoms with Gasteiger partial charge in [-0.25, -0.2) is 18.4 Å². The van der Waals surface area contributed by atoms with E-state index in [1.54, 1.807) is 0 Å². The molecule has 3 aromatic rings. The summed E-state index contributed by atoms with van der Waals surface area (Å²) in [5.41, 5.74) is 7.86. The third kappa shape index (κ3) is 5.52. The van der Waals surface area contributed by atoms with Crippen LogP contribution >= 0.6 is 0 Å². The van der Waals surface area contributed by atoms with Crippen LogP contribution in [0, 0.1) is 0 Å². The van der Waals surface area contributed by atoms with Gasteiger partial charge in [-0.3, -0.25) is 4.55 Å². The number of thiol groups is 1. The SMILES string of the molecule is C1=Cc2cc3ccc(cc4nc(cc5ccc(cc1n2)[nH]5)C=C4)[nH]3.O=[SH](=O)O.[Mn]. The number of hydrogen-bond acceptors (Lipinski definition) is 4. The Hall–Kier alpha value is -2.97. The molecule has 0 saturated carbocycles. The summed E-state index contributed by atoms with van der Waals surface area (Å²) < 4.78 is 24.2. The van der Waals surface area contributed by atoms with Crippen molar-refractivity contribution < 1.29 is 30.0 Å². The molecular formula is C20H16MnN4O3S. The zero-order chi connectivity index (χ0) is 19.5. The minimum atomic E-state index is -3.12. The van der Waals surface area contributed by atoms with E-state index in [9.17, 15) is 0 Å². The molecule has 3 N–H and O–H groups in total. The van der Waals surface area contributed by atoms with E-state index in [1.165, 1.54) is 0 Å². The van der Waals surface area contributed by atoms with Crippen LogP contribution in [0.2, 0.25) is 0 Å². The summed E-state index contributed by atoms with van der Waals surface area (Å²) in [6.45, 7) is 0. The Morgan fingerprint density at radius 2 is 0.862 bits per heavy atom. The van der Waals surface area contributed by atoms with E-state index in [4.69, 9.17) is 13.0 Å². The van der Waals surface area contributed by atoms with Crippen molar-refractivity contribution in [2.45, 2.75) is 0 Å². The van der Waals surface area contributed by atoms with Crippen molar-refractivity contribution in [2.24, 2.45) is 0 Å².